The van der Waals surface area contributed by atoms with Crippen LogP contribution >= 0.6 is 0 Å². The highest BCUT2D eigenvalue weighted by Gasteiger charge is 2.06. The van der Waals surface area contributed by atoms with Crippen molar-refractivity contribution in [2.45, 2.75) is 0 Å². The van der Waals surface area contributed by atoms with Gasteiger partial charge in [0.15, 0.2) is 0 Å². The van der Waals surface area contributed by atoms with Crippen molar-refractivity contribution < 1.29 is 13.9 Å². The van der Waals surface area contributed by atoms with Gasteiger partial charge in [0.05, 0.1) is 11.1 Å². The van der Waals surface area contributed by atoms with Crippen molar-refractivity contribution >= 4 is 16.8 Å². The van der Waals surface area contributed by atoms with Crippen LogP contribution in [0.25, 0.3) is 10.9 Å². The minimum absolute atomic E-state index is 0.139. The average molecular weight is 234 g/mol. The molecule has 0 radical (unpaired) electrons. The van der Waals surface area contributed by atoms with Crippen molar-refractivity contribution in [2.75, 3.05) is 13.8 Å². The molecule has 2 rings (SSSR count). The first-order valence-electron chi connectivity index (χ1n) is 5.03. The third-order valence-corrected chi connectivity index (χ3v) is 2.29. The maximum Gasteiger partial charge on any atom is 0.254 e. The van der Waals surface area contributed by atoms with Crippen molar-refractivity contribution in [2.24, 2.45) is 0 Å². The molecule has 17 heavy (non-hydrogen) atoms. The van der Waals surface area contributed by atoms with Gasteiger partial charge in [0, 0.05) is 24.8 Å². The van der Waals surface area contributed by atoms with Gasteiger partial charge in [-0.05, 0) is 18.2 Å². The van der Waals surface area contributed by atoms with Crippen molar-refractivity contribution in [3.8, 4) is 0 Å². The van der Waals surface area contributed by atoms with Gasteiger partial charge in [-0.3, -0.25) is 9.78 Å². The number of carbonyl (C=O) groups excluding carboxylic acids is 1. The Morgan fingerprint density at radius 3 is 3.06 bits per heavy atom. The van der Waals surface area contributed by atoms with Crippen LogP contribution in [0.15, 0.2) is 30.5 Å². The Labute approximate surface area is 97.4 Å². The molecule has 0 fully saturated rings. The molecule has 0 spiro atoms. The summed E-state index contributed by atoms with van der Waals surface area (Å²) >= 11 is 0. The van der Waals surface area contributed by atoms with Gasteiger partial charge in [0.1, 0.15) is 12.5 Å². The molecule has 1 heterocycles. The van der Waals surface area contributed by atoms with Crippen molar-refractivity contribution in [1.82, 2.24) is 10.3 Å². The molecule has 1 aromatic heterocycles. The molecule has 2 aromatic rings. The van der Waals surface area contributed by atoms with Crippen LogP contribution in [0.2, 0.25) is 0 Å². The molecule has 0 atom stereocenters. The van der Waals surface area contributed by atoms with Gasteiger partial charge in [0.2, 0.25) is 0 Å². The van der Waals surface area contributed by atoms with E-state index in [0.29, 0.717) is 11.1 Å². The van der Waals surface area contributed by atoms with Crippen LogP contribution in [-0.4, -0.2) is 24.7 Å². The summed E-state index contributed by atoms with van der Waals surface area (Å²) in [4.78, 5) is 15.6. The zero-order valence-corrected chi connectivity index (χ0v) is 9.24. The fourth-order valence-electron chi connectivity index (χ4n) is 1.46. The van der Waals surface area contributed by atoms with Crippen LogP contribution in [0.4, 0.5) is 4.39 Å². The topological polar surface area (TPSA) is 51.2 Å². The molecule has 0 saturated heterocycles. The summed E-state index contributed by atoms with van der Waals surface area (Å²) in [6.07, 6.45) is 1.41. The highest BCUT2D eigenvalue weighted by atomic mass is 19.1. The van der Waals surface area contributed by atoms with Gasteiger partial charge in [-0.25, -0.2) is 4.39 Å². The number of benzene rings is 1. The lowest BCUT2D eigenvalue weighted by molar-refractivity contribution is 0.0872. The Morgan fingerprint density at radius 1 is 1.47 bits per heavy atom. The number of amides is 1. The Morgan fingerprint density at radius 2 is 2.29 bits per heavy atom. The standard InChI is InChI=1S/C12H11FN2O2/c1-17-7-15-12(16)9-4-8-2-3-10(13)5-11(8)14-6-9/h2-6H,7H2,1H3,(H,15,16). The largest absolute Gasteiger partial charge is 0.364 e. The first kappa shape index (κ1) is 11.5. The van der Waals surface area contributed by atoms with E-state index in [1.54, 1.807) is 12.1 Å². The summed E-state index contributed by atoms with van der Waals surface area (Å²) in [6, 6.07) is 5.91. The zero-order chi connectivity index (χ0) is 12.3. The number of carbonyl (C=O) groups is 1. The van der Waals surface area contributed by atoms with Gasteiger partial charge < -0.3 is 10.1 Å². The number of rotatable bonds is 3. The van der Waals surface area contributed by atoms with Crippen LogP contribution in [-0.2, 0) is 4.74 Å². The Hall–Kier alpha value is -2.01. The van der Waals surface area contributed by atoms with Gasteiger partial charge in [-0.2, -0.15) is 0 Å². The van der Waals surface area contributed by atoms with E-state index in [0.717, 1.165) is 5.39 Å². The van der Waals surface area contributed by atoms with Crippen molar-refractivity contribution in [3.63, 3.8) is 0 Å². The quantitative estimate of drug-likeness (QED) is 0.822. The Balaban J connectivity index is 2.31. The molecular weight excluding hydrogens is 223 g/mol. The second-order valence-electron chi connectivity index (χ2n) is 3.50. The average Bonchev–Trinajstić information content (AvgIpc) is 2.35. The molecule has 0 aliphatic carbocycles. The summed E-state index contributed by atoms with van der Waals surface area (Å²) in [5, 5.41) is 3.27. The number of hydrogen-bond donors (Lipinski definition) is 1. The number of ether oxygens (including phenoxy) is 1. The third-order valence-electron chi connectivity index (χ3n) is 2.29. The Bertz CT molecular complexity index is 557. The van der Waals surface area contributed by atoms with Gasteiger partial charge >= 0.3 is 0 Å². The van der Waals surface area contributed by atoms with Crippen LogP contribution in [0.3, 0.4) is 0 Å². The number of halogens is 1. The highest BCUT2D eigenvalue weighted by molar-refractivity contribution is 5.97. The summed E-state index contributed by atoms with van der Waals surface area (Å²) in [5.41, 5.74) is 0.939. The number of nitrogens with one attached hydrogen (secondary N) is 1. The predicted octanol–water partition coefficient (Wildman–Crippen LogP) is 1.71. The summed E-state index contributed by atoms with van der Waals surface area (Å²) < 4.78 is 17.7. The van der Waals surface area contributed by atoms with E-state index in [1.807, 2.05) is 0 Å². The number of methoxy groups -OCH3 is 1. The molecule has 0 aliphatic rings. The van der Waals surface area contributed by atoms with E-state index in [-0.39, 0.29) is 18.5 Å². The molecule has 4 nitrogen and oxygen atoms in total. The molecule has 0 saturated carbocycles. The van der Waals surface area contributed by atoms with Gasteiger partial charge in [0.25, 0.3) is 5.91 Å². The molecule has 1 N–H and O–H groups in total. The number of pyridine rings is 1. The maximum absolute atomic E-state index is 12.9. The van der Waals surface area contributed by atoms with E-state index in [4.69, 9.17) is 4.74 Å². The number of fused-ring (bicyclic) bond motifs is 1. The summed E-state index contributed by atoms with van der Waals surface area (Å²) in [6.45, 7) is 0.139. The normalized spacial score (nSPS) is 10.5. The second-order valence-corrected chi connectivity index (χ2v) is 3.50. The van der Waals surface area contributed by atoms with Crippen LogP contribution in [0.5, 0.6) is 0 Å². The molecule has 1 amide bonds. The minimum Gasteiger partial charge on any atom is -0.364 e. The minimum atomic E-state index is -0.346. The van der Waals surface area contributed by atoms with Crippen LogP contribution in [0.1, 0.15) is 10.4 Å². The lowest BCUT2D eigenvalue weighted by Gasteiger charge is -2.04. The smallest absolute Gasteiger partial charge is 0.254 e. The molecular formula is C12H11FN2O2. The molecule has 0 aliphatic heterocycles. The van der Waals surface area contributed by atoms with E-state index in [2.05, 4.69) is 10.3 Å². The van der Waals surface area contributed by atoms with Crippen molar-refractivity contribution in [1.29, 1.82) is 0 Å². The first-order chi connectivity index (χ1) is 8.20. The van der Waals surface area contributed by atoms with Crippen LogP contribution < -0.4 is 5.32 Å². The van der Waals surface area contributed by atoms with E-state index in [9.17, 15) is 9.18 Å². The monoisotopic (exact) mass is 234 g/mol. The SMILES string of the molecule is COCNC(=O)c1cnc2cc(F)ccc2c1. The maximum atomic E-state index is 12.9. The predicted molar refractivity (Wildman–Crippen MR) is 61.0 cm³/mol. The lowest BCUT2D eigenvalue weighted by atomic mass is 10.1. The highest BCUT2D eigenvalue weighted by Crippen LogP contribution is 2.14. The Kier molecular flexibility index (Phi) is 3.30. The van der Waals surface area contributed by atoms with Gasteiger partial charge in [-0.15, -0.1) is 0 Å². The zero-order valence-electron chi connectivity index (χ0n) is 9.24. The van der Waals surface area contributed by atoms with Crippen LogP contribution in [0, 0.1) is 5.82 Å². The summed E-state index contributed by atoms with van der Waals surface area (Å²) in [7, 11) is 1.49. The molecule has 1 aromatic carbocycles. The molecule has 5 heteroatoms. The molecule has 0 bridgehead atoms. The molecule has 0 unspecified atom stereocenters. The number of aromatic nitrogens is 1. The molecule has 88 valence electrons. The summed E-state index contributed by atoms with van der Waals surface area (Å²) in [5.74, 6) is -0.618. The lowest BCUT2D eigenvalue weighted by Crippen LogP contribution is -2.25. The first-order valence-corrected chi connectivity index (χ1v) is 5.03. The van der Waals surface area contributed by atoms with Crippen molar-refractivity contribution in [3.05, 3.63) is 41.8 Å². The fourth-order valence-corrected chi connectivity index (χ4v) is 1.46. The van der Waals surface area contributed by atoms with E-state index in [1.165, 1.54) is 25.4 Å². The fraction of sp³-hybridized carbons (Fsp3) is 0.167. The number of nitrogens with zero attached hydrogens (tertiary/aromatic N) is 1. The van der Waals surface area contributed by atoms with Gasteiger partial charge in [-0.1, -0.05) is 0 Å². The second kappa shape index (κ2) is 4.88. The third kappa shape index (κ3) is 2.57. The van der Waals surface area contributed by atoms with E-state index < -0.39 is 0 Å². The number of hydrogen-bond acceptors (Lipinski definition) is 3. The van der Waals surface area contributed by atoms with E-state index >= 15 is 0 Å².